The number of likely N-dealkylation sites (tertiary alicyclic amines) is 1. The molecular formula is C12H22N2O3. The van der Waals surface area contributed by atoms with E-state index in [-0.39, 0.29) is 0 Å². The van der Waals surface area contributed by atoms with Gasteiger partial charge in [0, 0.05) is 13.1 Å². The second-order valence-corrected chi connectivity index (χ2v) is 4.45. The van der Waals surface area contributed by atoms with Crippen molar-refractivity contribution in [3.63, 3.8) is 0 Å². The maximum absolute atomic E-state index is 11.1. The Morgan fingerprint density at radius 1 is 1.59 bits per heavy atom. The van der Waals surface area contributed by atoms with Crippen molar-refractivity contribution in [1.29, 1.82) is 0 Å². The highest BCUT2D eigenvalue weighted by molar-refractivity contribution is 5.87. The van der Waals surface area contributed by atoms with Crippen LogP contribution in [0.4, 0.5) is 0 Å². The molecule has 0 aromatic heterocycles. The SMILES string of the molecule is CC/N=C(/OC)C(C)(CC)N1CC[C@H]1C(=O)O. The predicted molar refractivity (Wildman–Crippen MR) is 66.4 cm³/mol. The zero-order valence-electron chi connectivity index (χ0n) is 11.1. The van der Waals surface area contributed by atoms with E-state index >= 15 is 0 Å². The smallest absolute Gasteiger partial charge is 0.320 e. The Hall–Kier alpha value is -1.10. The first-order valence-corrected chi connectivity index (χ1v) is 6.09. The summed E-state index contributed by atoms with van der Waals surface area (Å²) in [5, 5.41) is 9.12. The molecule has 1 fully saturated rings. The molecule has 2 atom stereocenters. The zero-order chi connectivity index (χ0) is 13.1. The number of carboxylic acids is 1. The summed E-state index contributed by atoms with van der Waals surface area (Å²) in [7, 11) is 1.60. The molecule has 0 spiro atoms. The summed E-state index contributed by atoms with van der Waals surface area (Å²) in [5.41, 5.74) is -0.411. The van der Waals surface area contributed by atoms with Crippen molar-refractivity contribution in [3.05, 3.63) is 0 Å². The van der Waals surface area contributed by atoms with Gasteiger partial charge >= 0.3 is 5.97 Å². The molecule has 5 nitrogen and oxygen atoms in total. The van der Waals surface area contributed by atoms with Crippen molar-refractivity contribution >= 4 is 11.9 Å². The number of hydrogen-bond donors (Lipinski definition) is 1. The average molecular weight is 242 g/mol. The van der Waals surface area contributed by atoms with Crippen LogP contribution in [0.25, 0.3) is 0 Å². The molecule has 17 heavy (non-hydrogen) atoms. The second-order valence-electron chi connectivity index (χ2n) is 4.45. The van der Waals surface area contributed by atoms with Crippen molar-refractivity contribution in [2.75, 3.05) is 20.2 Å². The Labute approximate surface area is 102 Å². The topological polar surface area (TPSA) is 62.1 Å². The maximum atomic E-state index is 11.1. The monoisotopic (exact) mass is 242 g/mol. The predicted octanol–water partition coefficient (Wildman–Crippen LogP) is 1.38. The van der Waals surface area contributed by atoms with Crippen LogP contribution in [0.2, 0.25) is 0 Å². The van der Waals surface area contributed by atoms with E-state index in [4.69, 9.17) is 9.84 Å². The Morgan fingerprint density at radius 2 is 2.24 bits per heavy atom. The third kappa shape index (κ3) is 2.44. The van der Waals surface area contributed by atoms with Gasteiger partial charge < -0.3 is 9.84 Å². The van der Waals surface area contributed by atoms with Crippen molar-refractivity contribution in [3.8, 4) is 0 Å². The Morgan fingerprint density at radius 3 is 2.53 bits per heavy atom. The van der Waals surface area contributed by atoms with Crippen LogP contribution in [0, 0.1) is 0 Å². The molecule has 0 amide bonds. The Balaban J connectivity index is 2.95. The summed E-state index contributed by atoms with van der Waals surface area (Å²) in [6.07, 6.45) is 1.48. The second kappa shape index (κ2) is 5.49. The minimum atomic E-state index is -0.761. The Kier molecular flexibility index (Phi) is 4.51. The highest BCUT2D eigenvalue weighted by Crippen LogP contribution is 2.32. The highest BCUT2D eigenvalue weighted by Gasteiger charge is 2.48. The quantitative estimate of drug-likeness (QED) is 0.584. The summed E-state index contributed by atoms with van der Waals surface area (Å²) in [5.74, 6) is -0.128. The van der Waals surface area contributed by atoms with Crippen LogP contribution in [0.15, 0.2) is 4.99 Å². The lowest BCUT2D eigenvalue weighted by Gasteiger charge is -2.49. The normalized spacial score (nSPS) is 24.9. The molecule has 1 N–H and O–H groups in total. The molecular weight excluding hydrogens is 220 g/mol. The molecule has 1 heterocycles. The van der Waals surface area contributed by atoms with Gasteiger partial charge in [-0.2, -0.15) is 0 Å². The number of aliphatic carboxylic acids is 1. The molecule has 1 saturated heterocycles. The van der Waals surface area contributed by atoms with Crippen LogP contribution >= 0.6 is 0 Å². The van der Waals surface area contributed by atoms with E-state index in [1.165, 1.54) is 0 Å². The molecule has 1 rings (SSSR count). The van der Waals surface area contributed by atoms with Crippen LogP contribution < -0.4 is 0 Å². The van der Waals surface area contributed by atoms with Crippen molar-refractivity contribution in [2.24, 2.45) is 4.99 Å². The van der Waals surface area contributed by atoms with Gasteiger partial charge in [0.15, 0.2) is 0 Å². The molecule has 1 aliphatic heterocycles. The molecule has 0 radical (unpaired) electrons. The Bertz CT molecular complexity index is 317. The molecule has 1 aliphatic rings. The van der Waals surface area contributed by atoms with Gasteiger partial charge in [-0.15, -0.1) is 0 Å². The van der Waals surface area contributed by atoms with Gasteiger partial charge in [0.1, 0.15) is 6.04 Å². The van der Waals surface area contributed by atoms with E-state index < -0.39 is 17.6 Å². The van der Waals surface area contributed by atoms with Crippen molar-refractivity contribution < 1.29 is 14.6 Å². The number of ether oxygens (including phenoxy) is 1. The van der Waals surface area contributed by atoms with Gasteiger partial charge in [-0.25, -0.2) is 0 Å². The molecule has 98 valence electrons. The lowest BCUT2D eigenvalue weighted by Crippen LogP contribution is -2.65. The molecule has 0 aliphatic carbocycles. The van der Waals surface area contributed by atoms with E-state index in [0.29, 0.717) is 18.9 Å². The third-order valence-corrected chi connectivity index (χ3v) is 3.58. The summed E-state index contributed by atoms with van der Waals surface area (Å²) in [6.45, 7) is 7.40. The van der Waals surface area contributed by atoms with Crippen LogP contribution in [-0.4, -0.2) is 53.7 Å². The van der Waals surface area contributed by atoms with Crippen molar-refractivity contribution in [1.82, 2.24) is 4.90 Å². The van der Waals surface area contributed by atoms with Gasteiger partial charge in [-0.1, -0.05) is 6.92 Å². The van der Waals surface area contributed by atoms with Gasteiger partial charge in [-0.3, -0.25) is 14.7 Å². The van der Waals surface area contributed by atoms with Gasteiger partial charge in [0.2, 0.25) is 5.90 Å². The van der Waals surface area contributed by atoms with Gasteiger partial charge in [-0.05, 0) is 26.7 Å². The first-order valence-electron chi connectivity index (χ1n) is 6.09. The fraction of sp³-hybridized carbons (Fsp3) is 0.833. The van der Waals surface area contributed by atoms with Gasteiger partial charge in [0.25, 0.3) is 0 Å². The largest absolute Gasteiger partial charge is 0.483 e. The van der Waals surface area contributed by atoms with E-state index in [2.05, 4.69) is 4.99 Å². The zero-order valence-corrected chi connectivity index (χ0v) is 11.1. The van der Waals surface area contributed by atoms with E-state index in [0.717, 1.165) is 13.0 Å². The number of rotatable bonds is 5. The number of hydrogen-bond acceptors (Lipinski definition) is 4. The fourth-order valence-electron chi connectivity index (χ4n) is 2.31. The number of carbonyl (C=O) groups is 1. The van der Waals surface area contributed by atoms with Crippen LogP contribution in [0.3, 0.4) is 0 Å². The fourth-order valence-corrected chi connectivity index (χ4v) is 2.31. The molecule has 5 heteroatoms. The molecule has 0 bridgehead atoms. The average Bonchev–Trinajstić information content (AvgIpc) is 2.23. The number of carboxylic acid groups (broad SMARTS) is 1. The molecule has 0 aromatic carbocycles. The molecule has 0 aromatic rings. The summed E-state index contributed by atoms with van der Waals surface area (Å²) in [4.78, 5) is 17.4. The first kappa shape index (κ1) is 14.0. The first-order chi connectivity index (χ1) is 8.01. The lowest BCUT2D eigenvalue weighted by molar-refractivity contribution is -0.151. The summed E-state index contributed by atoms with van der Waals surface area (Å²) >= 11 is 0. The third-order valence-electron chi connectivity index (χ3n) is 3.58. The van der Waals surface area contributed by atoms with Crippen LogP contribution in [0.1, 0.15) is 33.6 Å². The van der Waals surface area contributed by atoms with Gasteiger partial charge in [0.05, 0.1) is 12.6 Å². The standard InChI is InChI=1S/C12H22N2O3/c1-5-12(3,11(17-4)13-6-2)14-8-7-9(14)10(15)16/h9H,5-8H2,1-4H3,(H,15,16)/b13-11+/t9-,12?/m0/s1. The van der Waals surface area contributed by atoms with E-state index in [9.17, 15) is 4.79 Å². The van der Waals surface area contributed by atoms with E-state index in [1.54, 1.807) is 7.11 Å². The van der Waals surface area contributed by atoms with Crippen LogP contribution in [0.5, 0.6) is 0 Å². The van der Waals surface area contributed by atoms with Crippen LogP contribution in [-0.2, 0) is 9.53 Å². The molecule has 1 unspecified atom stereocenters. The van der Waals surface area contributed by atoms with Crippen molar-refractivity contribution in [2.45, 2.75) is 45.2 Å². The number of aliphatic imine (C=N–C) groups is 1. The minimum Gasteiger partial charge on any atom is -0.483 e. The van der Waals surface area contributed by atoms with E-state index in [1.807, 2.05) is 25.7 Å². The lowest BCUT2D eigenvalue weighted by atomic mass is 9.87. The summed E-state index contributed by atoms with van der Waals surface area (Å²) < 4.78 is 5.35. The number of nitrogens with zero attached hydrogens (tertiary/aromatic N) is 2. The summed E-state index contributed by atoms with van der Waals surface area (Å²) in [6, 6.07) is -0.405. The maximum Gasteiger partial charge on any atom is 0.320 e. The molecule has 0 saturated carbocycles. The minimum absolute atomic E-state index is 0.405. The number of methoxy groups -OCH3 is 1. The highest BCUT2D eigenvalue weighted by atomic mass is 16.5.